The molecule has 0 radical (unpaired) electrons. The molecule has 0 fully saturated rings. The Morgan fingerprint density at radius 1 is 1.05 bits per heavy atom. The number of aromatic amines is 1. The highest BCUT2D eigenvalue weighted by atomic mass is 16.3. The number of phenols is 1. The lowest BCUT2D eigenvalue weighted by Crippen LogP contribution is -2.10. The van der Waals surface area contributed by atoms with Gasteiger partial charge in [0.1, 0.15) is 11.6 Å². The number of aromatic nitrogens is 2. The fourth-order valence-corrected chi connectivity index (χ4v) is 2.27. The van der Waals surface area contributed by atoms with Gasteiger partial charge in [0.25, 0.3) is 0 Å². The van der Waals surface area contributed by atoms with E-state index < -0.39 is 0 Å². The molecule has 0 spiro atoms. The highest BCUT2D eigenvalue weighted by Crippen LogP contribution is 2.33. The summed E-state index contributed by atoms with van der Waals surface area (Å²) in [4.78, 5) is 7.81. The predicted octanol–water partition coefficient (Wildman–Crippen LogP) is 4.23. The highest BCUT2D eigenvalue weighted by molar-refractivity contribution is 5.80. The van der Waals surface area contributed by atoms with Gasteiger partial charge in [-0.1, -0.05) is 39.0 Å². The molecule has 0 aliphatic heterocycles. The van der Waals surface area contributed by atoms with Crippen molar-refractivity contribution >= 4 is 11.0 Å². The number of hydrogen-bond acceptors (Lipinski definition) is 2. The van der Waals surface area contributed by atoms with E-state index >= 15 is 0 Å². The first-order chi connectivity index (χ1) is 9.45. The number of hydrogen-bond donors (Lipinski definition) is 2. The second-order valence-electron chi connectivity index (χ2n) is 6.08. The number of imidazole rings is 1. The number of fused-ring (bicyclic) bond motifs is 1. The molecule has 0 unspecified atom stereocenters. The molecule has 0 saturated heterocycles. The molecule has 0 saturated carbocycles. The summed E-state index contributed by atoms with van der Waals surface area (Å²) in [7, 11) is 0. The zero-order chi connectivity index (χ0) is 14.3. The third-order valence-corrected chi connectivity index (χ3v) is 3.51. The number of benzene rings is 2. The van der Waals surface area contributed by atoms with Crippen molar-refractivity contribution in [1.29, 1.82) is 0 Å². The molecule has 2 aromatic carbocycles. The molecule has 3 rings (SSSR count). The molecule has 0 atom stereocenters. The maximum absolute atomic E-state index is 10.1. The van der Waals surface area contributed by atoms with Crippen LogP contribution in [0.3, 0.4) is 0 Å². The van der Waals surface area contributed by atoms with E-state index in [1.54, 1.807) is 6.07 Å². The van der Waals surface area contributed by atoms with Crippen molar-refractivity contribution in [2.24, 2.45) is 0 Å². The average molecular weight is 266 g/mol. The lowest BCUT2D eigenvalue weighted by Gasteiger charge is -2.19. The number of H-pyrrole nitrogens is 1. The van der Waals surface area contributed by atoms with Crippen molar-refractivity contribution in [2.75, 3.05) is 0 Å². The first kappa shape index (κ1) is 12.7. The topological polar surface area (TPSA) is 48.9 Å². The van der Waals surface area contributed by atoms with Gasteiger partial charge in [-0.05, 0) is 35.2 Å². The average Bonchev–Trinajstić information content (AvgIpc) is 2.81. The molecule has 102 valence electrons. The van der Waals surface area contributed by atoms with E-state index in [4.69, 9.17) is 0 Å². The Balaban J connectivity index is 2.17. The van der Waals surface area contributed by atoms with Gasteiger partial charge in [0.2, 0.25) is 0 Å². The maximum atomic E-state index is 10.1. The van der Waals surface area contributed by atoms with Crippen molar-refractivity contribution in [3.8, 4) is 17.1 Å². The molecule has 1 aromatic heterocycles. The van der Waals surface area contributed by atoms with Crippen molar-refractivity contribution in [1.82, 2.24) is 9.97 Å². The van der Waals surface area contributed by atoms with E-state index in [0.717, 1.165) is 16.6 Å². The fraction of sp³-hybridized carbons (Fsp3) is 0.235. The minimum atomic E-state index is 0.0362. The first-order valence-corrected chi connectivity index (χ1v) is 6.74. The Hall–Kier alpha value is -2.29. The Kier molecular flexibility index (Phi) is 2.78. The van der Waals surface area contributed by atoms with Crippen LogP contribution >= 0.6 is 0 Å². The van der Waals surface area contributed by atoms with Crippen LogP contribution in [0.4, 0.5) is 0 Å². The van der Waals surface area contributed by atoms with Crippen LogP contribution in [0.25, 0.3) is 22.4 Å². The van der Waals surface area contributed by atoms with Gasteiger partial charge in [0.15, 0.2) is 0 Å². The van der Waals surface area contributed by atoms with Gasteiger partial charge < -0.3 is 10.1 Å². The molecule has 3 aromatic rings. The normalized spacial score (nSPS) is 11.9. The van der Waals surface area contributed by atoms with Gasteiger partial charge in [-0.15, -0.1) is 0 Å². The molecular weight excluding hydrogens is 248 g/mol. The first-order valence-electron chi connectivity index (χ1n) is 6.74. The van der Waals surface area contributed by atoms with Crippen LogP contribution in [0.2, 0.25) is 0 Å². The van der Waals surface area contributed by atoms with Crippen LogP contribution in [0.5, 0.6) is 5.75 Å². The summed E-state index contributed by atoms with van der Waals surface area (Å²) in [5.74, 6) is 0.951. The van der Waals surface area contributed by atoms with Crippen LogP contribution in [-0.4, -0.2) is 15.1 Å². The molecular formula is C17H18N2O. The smallest absolute Gasteiger partial charge is 0.142 e. The summed E-state index contributed by atoms with van der Waals surface area (Å²) in [6, 6.07) is 13.6. The van der Waals surface area contributed by atoms with E-state index in [2.05, 4.69) is 30.7 Å². The van der Waals surface area contributed by atoms with E-state index in [1.165, 1.54) is 5.56 Å². The van der Waals surface area contributed by atoms with E-state index in [0.29, 0.717) is 5.82 Å². The van der Waals surface area contributed by atoms with Gasteiger partial charge in [-0.3, -0.25) is 0 Å². The van der Waals surface area contributed by atoms with Crippen molar-refractivity contribution < 1.29 is 5.11 Å². The van der Waals surface area contributed by atoms with E-state index in [-0.39, 0.29) is 11.2 Å². The third-order valence-electron chi connectivity index (χ3n) is 3.51. The Bertz CT molecular complexity index is 733. The summed E-state index contributed by atoms with van der Waals surface area (Å²) >= 11 is 0. The second kappa shape index (κ2) is 4.37. The molecule has 0 amide bonds. The fourth-order valence-electron chi connectivity index (χ4n) is 2.27. The molecule has 1 heterocycles. The van der Waals surface area contributed by atoms with Crippen LogP contribution in [0.15, 0.2) is 42.5 Å². The van der Waals surface area contributed by atoms with Crippen molar-refractivity contribution in [2.45, 2.75) is 26.2 Å². The molecule has 3 nitrogen and oxygen atoms in total. The van der Waals surface area contributed by atoms with Gasteiger partial charge in [0, 0.05) is 0 Å². The van der Waals surface area contributed by atoms with Crippen LogP contribution < -0.4 is 0 Å². The van der Waals surface area contributed by atoms with E-state index in [9.17, 15) is 5.11 Å². The molecule has 3 heteroatoms. The minimum absolute atomic E-state index is 0.0362. The van der Waals surface area contributed by atoms with Gasteiger partial charge >= 0.3 is 0 Å². The van der Waals surface area contributed by atoms with Gasteiger partial charge in [-0.2, -0.15) is 0 Å². The molecule has 20 heavy (non-hydrogen) atoms. The molecule has 2 N–H and O–H groups in total. The maximum Gasteiger partial charge on any atom is 0.142 e. The Morgan fingerprint density at radius 3 is 2.50 bits per heavy atom. The van der Waals surface area contributed by atoms with Crippen LogP contribution in [-0.2, 0) is 5.41 Å². The minimum Gasteiger partial charge on any atom is -0.507 e. The summed E-state index contributed by atoms with van der Waals surface area (Å²) < 4.78 is 0. The predicted molar refractivity (Wildman–Crippen MR) is 81.9 cm³/mol. The largest absolute Gasteiger partial charge is 0.507 e. The zero-order valence-electron chi connectivity index (χ0n) is 11.9. The Labute approximate surface area is 118 Å². The number of phenolic OH excluding ortho intramolecular Hbond substituents is 1. The SMILES string of the molecule is CC(C)(C)c1ccc(O)c(-c2nc3ccccc3[nH]2)c1. The van der Waals surface area contributed by atoms with Crippen molar-refractivity contribution in [3.63, 3.8) is 0 Å². The zero-order valence-corrected chi connectivity index (χ0v) is 11.9. The number of aromatic hydroxyl groups is 1. The molecule has 0 aliphatic rings. The second-order valence-corrected chi connectivity index (χ2v) is 6.08. The van der Waals surface area contributed by atoms with Gasteiger partial charge in [-0.25, -0.2) is 4.98 Å². The van der Waals surface area contributed by atoms with Crippen molar-refractivity contribution in [3.05, 3.63) is 48.0 Å². The Morgan fingerprint density at radius 2 is 1.80 bits per heavy atom. The summed E-state index contributed by atoms with van der Waals surface area (Å²) in [5, 5.41) is 10.1. The molecule has 0 aliphatic carbocycles. The monoisotopic (exact) mass is 266 g/mol. The quantitative estimate of drug-likeness (QED) is 0.692. The third kappa shape index (κ3) is 2.16. The highest BCUT2D eigenvalue weighted by Gasteiger charge is 2.17. The summed E-state index contributed by atoms with van der Waals surface area (Å²) in [6.45, 7) is 6.46. The number of rotatable bonds is 1. The number of nitrogens with zero attached hydrogens (tertiary/aromatic N) is 1. The summed E-state index contributed by atoms with van der Waals surface area (Å²) in [5.41, 5.74) is 3.83. The standard InChI is InChI=1S/C17H18N2O/c1-17(2,3)11-8-9-15(20)12(10-11)16-18-13-6-4-5-7-14(13)19-16/h4-10,20H,1-3H3,(H,18,19). The lowest BCUT2D eigenvalue weighted by atomic mass is 9.86. The van der Waals surface area contributed by atoms with E-state index in [1.807, 2.05) is 36.4 Å². The van der Waals surface area contributed by atoms with Crippen LogP contribution in [0.1, 0.15) is 26.3 Å². The molecule has 0 bridgehead atoms. The van der Waals surface area contributed by atoms with Gasteiger partial charge in [0.05, 0.1) is 16.6 Å². The summed E-state index contributed by atoms with van der Waals surface area (Å²) in [6.07, 6.45) is 0. The number of para-hydroxylation sites is 2. The van der Waals surface area contributed by atoms with Crippen LogP contribution in [0, 0.1) is 0 Å². The number of nitrogens with one attached hydrogen (secondary N) is 1. The lowest BCUT2D eigenvalue weighted by molar-refractivity contribution is 0.475.